The molecule has 2 aromatic carbocycles. The normalized spacial score (nSPS) is 11.1. The van der Waals surface area contributed by atoms with Crippen molar-refractivity contribution in [2.75, 3.05) is 7.05 Å². The van der Waals surface area contributed by atoms with Gasteiger partial charge in [-0.1, -0.05) is 42.5 Å². The topological polar surface area (TPSA) is 51.0 Å². The third kappa shape index (κ3) is 3.71. The molecule has 0 atom stereocenters. The van der Waals surface area contributed by atoms with Crippen molar-refractivity contribution in [2.45, 2.75) is 33.9 Å². The molecule has 0 aliphatic carbocycles. The van der Waals surface area contributed by atoms with Gasteiger partial charge in [0.15, 0.2) is 0 Å². The van der Waals surface area contributed by atoms with Gasteiger partial charge in [0.05, 0.1) is 23.0 Å². The van der Waals surface area contributed by atoms with Crippen LogP contribution in [-0.2, 0) is 13.1 Å². The largest absolute Gasteiger partial charge is 0.337 e. The first kappa shape index (κ1) is 19.8. The number of benzene rings is 2. The molecular formula is C25H26N4O. The Morgan fingerprint density at radius 2 is 1.83 bits per heavy atom. The van der Waals surface area contributed by atoms with Gasteiger partial charge >= 0.3 is 0 Å². The molecule has 2 heterocycles. The second-order valence-corrected chi connectivity index (χ2v) is 7.67. The zero-order valence-electron chi connectivity index (χ0n) is 17.9. The number of nitrogens with zero attached hydrogens (tertiary/aromatic N) is 4. The van der Waals surface area contributed by atoms with E-state index >= 15 is 0 Å². The van der Waals surface area contributed by atoms with Gasteiger partial charge < -0.3 is 4.90 Å². The van der Waals surface area contributed by atoms with Crippen LogP contribution in [0.15, 0.2) is 60.8 Å². The van der Waals surface area contributed by atoms with Crippen LogP contribution in [0.3, 0.4) is 0 Å². The van der Waals surface area contributed by atoms with E-state index < -0.39 is 0 Å². The maximum Gasteiger partial charge on any atom is 0.254 e. The predicted octanol–water partition coefficient (Wildman–Crippen LogP) is 5.01. The molecule has 30 heavy (non-hydrogen) atoms. The third-order valence-electron chi connectivity index (χ3n) is 5.52. The van der Waals surface area contributed by atoms with Crippen LogP contribution in [-0.4, -0.2) is 32.6 Å². The van der Waals surface area contributed by atoms with Crippen LogP contribution in [0.4, 0.5) is 0 Å². The summed E-state index contributed by atoms with van der Waals surface area (Å²) in [5, 5.41) is 5.27. The first-order valence-corrected chi connectivity index (χ1v) is 10.2. The first-order valence-electron chi connectivity index (χ1n) is 10.2. The molecule has 0 spiro atoms. The SMILES string of the molecule is CCn1ncc(CN(C)C(=O)c2cc(-c3ccccc3)nc3cc(C)ccc23)c1C. The number of hydrogen-bond donors (Lipinski definition) is 0. The highest BCUT2D eigenvalue weighted by Gasteiger charge is 2.19. The van der Waals surface area contributed by atoms with E-state index in [0.29, 0.717) is 12.1 Å². The van der Waals surface area contributed by atoms with Gasteiger partial charge in [-0.15, -0.1) is 0 Å². The van der Waals surface area contributed by atoms with E-state index in [4.69, 9.17) is 4.98 Å². The van der Waals surface area contributed by atoms with Gasteiger partial charge in [-0.3, -0.25) is 9.48 Å². The minimum absolute atomic E-state index is 0.0212. The fraction of sp³-hybridized carbons (Fsp3) is 0.240. The van der Waals surface area contributed by atoms with Gasteiger partial charge in [-0.2, -0.15) is 5.10 Å². The molecule has 5 nitrogen and oxygen atoms in total. The third-order valence-corrected chi connectivity index (χ3v) is 5.52. The summed E-state index contributed by atoms with van der Waals surface area (Å²) in [6.07, 6.45) is 1.85. The van der Waals surface area contributed by atoms with Gasteiger partial charge in [0.2, 0.25) is 0 Å². The van der Waals surface area contributed by atoms with Crippen LogP contribution >= 0.6 is 0 Å². The lowest BCUT2D eigenvalue weighted by Crippen LogP contribution is -2.26. The molecule has 5 heteroatoms. The molecule has 0 unspecified atom stereocenters. The van der Waals surface area contributed by atoms with Crippen LogP contribution in [0.5, 0.6) is 0 Å². The Bertz CT molecular complexity index is 1210. The zero-order valence-corrected chi connectivity index (χ0v) is 17.9. The van der Waals surface area contributed by atoms with E-state index in [1.54, 1.807) is 4.90 Å². The molecule has 4 rings (SSSR count). The molecule has 0 fully saturated rings. The molecule has 0 saturated carbocycles. The van der Waals surface area contributed by atoms with Crippen molar-refractivity contribution in [3.63, 3.8) is 0 Å². The summed E-state index contributed by atoms with van der Waals surface area (Å²) in [5.41, 5.74) is 6.58. The highest BCUT2D eigenvalue weighted by Crippen LogP contribution is 2.27. The van der Waals surface area contributed by atoms with Crippen LogP contribution in [0.25, 0.3) is 22.2 Å². The van der Waals surface area contributed by atoms with Crippen LogP contribution in [0.2, 0.25) is 0 Å². The van der Waals surface area contributed by atoms with Crippen LogP contribution < -0.4 is 0 Å². The number of aryl methyl sites for hydroxylation is 2. The van der Waals surface area contributed by atoms with E-state index in [1.165, 1.54) is 0 Å². The standard InChI is InChI=1S/C25H26N4O/c1-5-29-18(3)20(15-26-29)16-28(4)25(30)22-14-23(19-9-7-6-8-10-19)27-24-13-17(2)11-12-21(22)24/h6-15H,5,16H2,1-4H3. The second kappa shape index (κ2) is 8.11. The minimum atomic E-state index is -0.0212. The number of carbonyl (C=O) groups is 1. The number of hydrogen-bond acceptors (Lipinski definition) is 3. The van der Waals surface area contributed by atoms with Gasteiger partial charge in [0.1, 0.15) is 0 Å². The van der Waals surface area contributed by atoms with Crippen molar-refractivity contribution in [2.24, 2.45) is 0 Å². The summed E-state index contributed by atoms with van der Waals surface area (Å²) >= 11 is 0. The minimum Gasteiger partial charge on any atom is -0.337 e. The fourth-order valence-corrected chi connectivity index (χ4v) is 3.76. The lowest BCUT2D eigenvalue weighted by molar-refractivity contribution is 0.0787. The summed E-state index contributed by atoms with van der Waals surface area (Å²) in [6.45, 7) is 7.48. The summed E-state index contributed by atoms with van der Waals surface area (Å²) < 4.78 is 1.95. The summed E-state index contributed by atoms with van der Waals surface area (Å²) in [4.78, 5) is 20.1. The Labute approximate surface area is 177 Å². The van der Waals surface area contributed by atoms with E-state index in [0.717, 1.165) is 45.5 Å². The summed E-state index contributed by atoms with van der Waals surface area (Å²) in [6, 6.07) is 18.0. The smallest absolute Gasteiger partial charge is 0.254 e. The Balaban J connectivity index is 1.76. The van der Waals surface area contributed by atoms with Crippen molar-refractivity contribution >= 4 is 16.8 Å². The molecule has 2 aromatic heterocycles. The highest BCUT2D eigenvalue weighted by atomic mass is 16.2. The molecule has 0 aliphatic rings. The summed E-state index contributed by atoms with van der Waals surface area (Å²) in [7, 11) is 1.84. The van der Waals surface area contributed by atoms with Crippen LogP contribution in [0, 0.1) is 13.8 Å². The maximum absolute atomic E-state index is 13.5. The van der Waals surface area contributed by atoms with E-state index in [-0.39, 0.29) is 5.91 Å². The lowest BCUT2D eigenvalue weighted by Gasteiger charge is -2.19. The Morgan fingerprint density at radius 3 is 2.53 bits per heavy atom. The van der Waals surface area contributed by atoms with Gasteiger partial charge in [0, 0.05) is 42.3 Å². The van der Waals surface area contributed by atoms with E-state index in [1.807, 2.05) is 86.4 Å². The molecule has 0 radical (unpaired) electrons. The first-order chi connectivity index (χ1) is 14.5. The highest BCUT2D eigenvalue weighted by molar-refractivity contribution is 6.07. The molecule has 0 aliphatic heterocycles. The monoisotopic (exact) mass is 398 g/mol. The molecule has 1 amide bonds. The molecule has 0 bridgehead atoms. The van der Waals surface area contributed by atoms with Crippen LogP contribution in [0.1, 0.15) is 34.1 Å². The second-order valence-electron chi connectivity index (χ2n) is 7.67. The average Bonchev–Trinajstić information content (AvgIpc) is 3.11. The quantitative estimate of drug-likeness (QED) is 0.475. The zero-order chi connectivity index (χ0) is 21.3. The fourth-order valence-electron chi connectivity index (χ4n) is 3.76. The van der Waals surface area contributed by atoms with Crippen molar-refractivity contribution in [1.82, 2.24) is 19.7 Å². The van der Waals surface area contributed by atoms with Gasteiger partial charge in [0.25, 0.3) is 5.91 Å². The Morgan fingerprint density at radius 1 is 1.07 bits per heavy atom. The molecule has 152 valence electrons. The molecule has 0 N–H and O–H groups in total. The summed E-state index contributed by atoms with van der Waals surface area (Å²) in [5.74, 6) is -0.0212. The Hall–Kier alpha value is -3.47. The molecular weight excluding hydrogens is 372 g/mol. The van der Waals surface area contributed by atoms with Crippen molar-refractivity contribution < 1.29 is 4.79 Å². The van der Waals surface area contributed by atoms with Crippen molar-refractivity contribution in [3.8, 4) is 11.3 Å². The molecule has 4 aromatic rings. The number of aromatic nitrogens is 3. The van der Waals surface area contributed by atoms with Crippen molar-refractivity contribution in [1.29, 1.82) is 0 Å². The van der Waals surface area contributed by atoms with Gasteiger partial charge in [-0.05, 0) is 38.5 Å². The maximum atomic E-state index is 13.5. The predicted molar refractivity (Wildman–Crippen MR) is 120 cm³/mol. The van der Waals surface area contributed by atoms with E-state index in [9.17, 15) is 4.79 Å². The van der Waals surface area contributed by atoms with E-state index in [2.05, 4.69) is 12.0 Å². The average molecular weight is 399 g/mol. The lowest BCUT2D eigenvalue weighted by atomic mass is 10.0. The van der Waals surface area contributed by atoms with Gasteiger partial charge in [-0.25, -0.2) is 4.98 Å². The number of carbonyl (C=O) groups excluding carboxylic acids is 1. The number of rotatable bonds is 5. The number of fused-ring (bicyclic) bond motifs is 1. The van der Waals surface area contributed by atoms with Crippen molar-refractivity contribution in [3.05, 3.63) is 83.2 Å². The number of pyridine rings is 1. The molecule has 0 saturated heterocycles. The number of amides is 1. The Kier molecular flexibility index (Phi) is 5.36.